The first-order chi connectivity index (χ1) is 13.7. The number of piperidine rings is 2. The third kappa shape index (κ3) is 5.39. The number of aliphatic hydroxyl groups excluding tert-OH is 1. The largest absolute Gasteiger partial charge is 0.394 e. The molecule has 0 aromatic carbocycles. The Hall–Kier alpha value is -2.32. The average molecular weight is 409 g/mol. The Labute approximate surface area is 169 Å². The van der Waals surface area contributed by atoms with Crippen molar-refractivity contribution in [2.75, 3.05) is 47.9 Å². The number of nitrogens with one attached hydrogen (secondary N) is 1. The van der Waals surface area contributed by atoms with Crippen molar-refractivity contribution in [3.8, 4) is 0 Å². The molecule has 0 unspecified atom stereocenters. The van der Waals surface area contributed by atoms with Crippen LogP contribution in [0.2, 0.25) is 0 Å². The van der Waals surface area contributed by atoms with E-state index >= 15 is 0 Å². The molecule has 0 radical (unpaired) electrons. The zero-order chi connectivity index (χ0) is 21.1. The van der Waals surface area contributed by atoms with Gasteiger partial charge in [-0.15, -0.1) is 0 Å². The first-order valence-electron chi connectivity index (χ1n) is 9.70. The van der Waals surface area contributed by atoms with E-state index in [0.717, 1.165) is 0 Å². The molecule has 1 aromatic rings. The Bertz CT molecular complexity index is 656. The lowest BCUT2D eigenvalue weighted by atomic mass is 10.0. The van der Waals surface area contributed by atoms with Crippen molar-refractivity contribution >= 4 is 23.8 Å². The summed E-state index contributed by atoms with van der Waals surface area (Å²) < 4.78 is 0. The topological polar surface area (TPSA) is 225 Å². The van der Waals surface area contributed by atoms with Crippen LogP contribution in [0, 0.1) is 0 Å². The Kier molecular flexibility index (Phi) is 6.64. The lowest BCUT2D eigenvalue weighted by molar-refractivity contribution is -0.119. The quantitative estimate of drug-likeness (QED) is 0.238. The second-order valence-corrected chi connectivity index (χ2v) is 7.86. The van der Waals surface area contributed by atoms with Gasteiger partial charge in [-0.3, -0.25) is 4.79 Å². The van der Waals surface area contributed by atoms with Crippen LogP contribution in [0.15, 0.2) is 0 Å². The Balaban J connectivity index is 1.94. The van der Waals surface area contributed by atoms with E-state index in [1.165, 1.54) is 0 Å². The summed E-state index contributed by atoms with van der Waals surface area (Å²) in [6, 6.07) is -1.47. The summed E-state index contributed by atoms with van der Waals surface area (Å²) >= 11 is 0. The number of carbonyl (C=O) groups excluding carboxylic acids is 1. The number of anilines is 3. The zero-order valence-electron chi connectivity index (χ0n) is 16.3. The first-order valence-corrected chi connectivity index (χ1v) is 9.70. The predicted molar refractivity (Wildman–Crippen MR) is 109 cm³/mol. The fourth-order valence-corrected chi connectivity index (χ4v) is 3.75. The minimum absolute atomic E-state index is 0.108. The van der Waals surface area contributed by atoms with Gasteiger partial charge in [-0.25, -0.2) is 0 Å². The van der Waals surface area contributed by atoms with Crippen LogP contribution in [0.25, 0.3) is 0 Å². The fourth-order valence-electron chi connectivity index (χ4n) is 3.75. The smallest absolute Gasteiger partial charge is 0.242 e. The molecule has 13 heteroatoms. The molecule has 2 aliphatic heterocycles. The van der Waals surface area contributed by atoms with Gasteiger partial charge in [-0.2, -0.15) is 15.0 Å². The molecule has 1 amide bonds. The number of amides is 1. The minimum atomic E-state index is -1.03. The van der Waals surface area contributed by atoms with Crippen molar-refractivity contribution in [1.29, 1.82) is 0 Å². The minimum Gasteiger partial charge on any atom is -0.394 e. The molecule has 2 aliphatic rings. The van der Waals surface area contributed by atoms with E-state index in [9.17, 15) is 9.90 Å². The molecule has 0 aliphatic carbocycles. The molecule has 162 valence electrons. The van der Waals surface area contributed by atoms with Gasteiger partial charge < -0.3 is 48.9 Å². The maximum atomic E-state index is 11.5. The summed E-state index contributed by atoms with van der Waals surface area (Å²) in [6.45, 7) is 1.65. The van der Waals surface area contributed by atoms with Crippen LogP contribution in [0.1, 0.15) is 12.8 Å². The summed E-state index contributed by atoms with van der Waals surface area (Å²) in [5, 5.41) is 12.2. The van der Waals surface area contributed by atoms with Crippen molar-refractivity contribution in [1.82, 2.24) is 15.0 Å². The molecule has 2 saturated heterocycles. The number of aromatic nitrogens is 3. The lowest BCUT2D eigenvalue weighted by Crippen LogP contribution is -2.54. The lowest BCUT2D eigenvalue weighted by Gasteiger charge is -2.37. The highest BCUT2D eigenvalue weighted by atomic mass is 16.3. The predicted octanol–water partition coefficient (Wildman–Crippen LogP) is -4.14. The number of rotatable bonds is 6. The van der Waals surface area contributed by atoms with Crippen LogP contribution in [0.5, 0.6) is 0 Å². The van der Waals surface area contributed by atoms with Crippen LogP contribution >= 0.6 is 0 Å². The Morgan fingerprint density at radius 3 is 1.69 bits per heavy atom. The molecule has 2 fully saturated rings. The van der Waals surface area contributed by atoms with E-state index in [1.807, 2.05) is 9.80 Å². The summed E-state index contributed by atoms with van der Waals surface area (Å²) in [5.74, 6) is 0.136. The highest BCUT2D eigenvalue weighted by Crippen LogP contribution is 2.22. The third-order valence-corrected chi connectivity index (χ3v) is 5.04. The molecule has 1 aromatic heterocycles. The molecule has 0 spiro atoms. The van der Waals surface area contributed by atoms with E-state index in [0.29, 0.717) is 50.9 Å². The summed E-state index contributed by atoms with van der Waals surface area (Å²) in [6.07, 6.45) is 1.42. The van der Waals surface area contributed by atoms with E-state index in [4.69, 9.17) is 28.7 Å². The van der Waals surface area contributed by atoms with Crippen molar-refractivity contribution in [2.45, 2.75) is 43.1 Å². The highest BCUT2D eigenvalue weighted by Gasteiger charge is 2.29. The molecule has 12 N–H and O–H groups in total. The van der Waals surface area contributed by atoms with Crippen molar-refractivity contribution in [3.05, 3.63) is 0 Å². The van der Waals surface area contributed by atoms with Crippen LogP contribution in [0.4, 0.5) is 17.8 Å². The van der Waals surface area contributed by atoms with E-state index in [-0.39, 0.29) is 30.1 Å². The van der Waals surface area contributed by atoms with Crippen LogP contribution in [-0.4, -0.2) is 89.0 Å². The number of nitrogens with zero attached hydrogens (tertiary/aromatic N) is 5. The number of hydrogen-bond donors (Lipinski definition) is 7. The molecule has 3 heterocycles. The maximum absolute atomic E-state index is 11.5. The zero-order valence-corrected chi connectivity index (χ0v) is 16.3. The number of carbonyl (C=O) groups is 1. The maximum Gasteiger partial charge on any atom is 0.242 e. The van der Waals surface area contributed by atoms with Gasteiger partial charge in [0.15, 0.2) is 0 Å². The second kappa shape index (κ2) is 9.00. The summed E-state index contributed by atoms with van der Waals surface area (Å²) in [4.78, 5) is 28.7. The molecule has 3 rings (SSSR count). The molecular weight excluding hydrogens is 378 g/mol. The van der Waals surface area contributed by atoms with Gasteiger partial charge in [0.2, 0.25) is 23.8 Å². The van der Waals surface area contributed by atoms with E-state index < -0.39 is 18.6 Å². The van der Waals surface area contributed by atoms with Crippen LogP contribution in [-0.2, 0) is 4.79 Å². The fraction of sp³-hybridized carbons (Fsp3) is 0.750. The molecule has 5 atom stereocenters. The van der Waals surface area contributed by atoms with Gasteiger partial charge in [0.1, 0.15) is 6.04 Å². The monoisotopic (exact) mass is 409 g/mol. The summed E-state index contributed by atoms with van der Waals surface area (Å²) in [7, 11) is 0. The van der Waals surface area contributed by atoms with Crippen LogP contribution < -0.4 is 43.8 Å². The summed E-state index contributed by atoms with van der Waals surface area (Å²) in [5.41, 5.74) is 29.7. The number of primary amides is 1. The first kappa shape index (κ1) is 21.4. The van der Waals surface area contributed by atoms with Gasteiger partial charge in [0, 0.05) is 50.3 Å². The average Bonchev–Trinajstić information content (AvgIpc) is 2.64. The van der Waals surface area contributed by atoms with Gasteiger partial charge >= 0.3 is 0 Å². The van der Waals surface area contributed by atoms with Gasteiger partial charge in [0.05, 0.1) is 6.61 Å². The van der Waals surface area contributed by atoms with Crippen molar-refractivity contribution in [3.63, 3.8) is 0 Å². The third-order valence-electron chi connectivity index (χ3n) is 5.04. The SMILES string of the molecule is NC(=O)[C@@H](CO)Nc1nc(N2C[C@H](N)C[C@H](N)C2)nc(N2C[C@H](N)C[C@H](N)C2)n1. The van der Waals surface area contributed by atoms with Gasteiger partial charge in [0.25, 0.3) is 0 Å². The Morgan fingerprint density at radius 1 is 0.931 bits per heavy atom. The molecule has 0 saturated carbocycles. The molecule has 0 bridgehead atoms. The van der Waals surface area contributed by atoms with Crippen molar-refractivity contribution in [2.24, 2.45) is 28.7 Å². The van der Waals surface area contributed by atoms with E-state index in [1.54, 1.807) is 0 Å². The van der Waals surface area contributed by atoms with Gasteiger partial charge in [-0.05, 0) is 12.8 Å². The van der Waals surface area contributed by atoms with Crippen molar-refractivity contribution < 1.29 is 9.90 Å². The van der Waals surface area contributed by atoms with Gasteiger partial charge in [-0.1, -0.05) is 0 Å². The normalized spacial score (nSPS) is 28.9. The standard InChI is InChI=1S/C16H31N11O2/c17-8-1-9(18)4-26(3-8)15-23-14(22-12(7-28)13(21)29)24-16(25-15)27-5-10(19)2-11(20)6-27/h8-12,28H,1-7,17-20H2,(H2,21,29)(H,22,23,24,25)/t8-,9+,10-,11+,12-/m1/s1. The highest BCUT2D eigenvalue weighted by molar-refractivity contribution is 5.82. The Morgan fingerprint density at radius 2 is 1.34 bits per heavy atom. The molecule has 13 nitrogen and oxygen atoms in total. The van der Waals surface area contributed by atoms with Crippen LogP contribution in [0.3, 0.4) is 0 Å². The molecule has 29 heavy (non-hydrogen) atoms. The molecular formula is C16H31N11O2. The van der Waals surface area contributed by atoms with E-state index in [2.05, 4.69) is 20.3 Å². The number of hydrogen-bond acceptors (Lipinski definition) is 12. The second-order valence-electron chi connectivity index (χ2n) is 7.86. The number of nitrogens with two attached hydrogens (primary N) is 5. The number of aliphatic hydroxyl groups is 1.